The van der Waals surface area contributed by atoms with E-state index in [1.807, 2.05) is 42.9 Å². The van der Waals surface area contributed by atoms with Gasteiger partial charge in [-0.3, -0.25) is 9.48 Å². The molecule has 1 amide bonds. The Morgan fingerprint density at radius 1 is 1.30 bits per heavy atom. The third kappa shape index (κ3) is 5.69. The van der Waals surface area contributed by atoms with Gasteiger partial charge in [-0.05, 0) is 11.5 Å². The highest BCUT2D eigenvalue weighted by Gasteiger charge is 2.18. The zero-order valence-corrected chi connectivity index (χ0v) is 14.4. The number of nitrogens with one attached hydrogen (secondary N) is 1. The van der Waals surface area contributed by atoms with Gasteiger partial charge < -0.3 is 11.1 Å². The monoisotopic (exact) mass is 336 g/mol. The fourth-order valence-corrected chi connectivity index (χ4v) is 2.17. The Balaban J connectivity index is 0.00000264. The van der Waals surface area contributed by atoms with Gasteiger partial charge in [0, 0.05) is 18.3 Å². The molecule has 6 heteroatoms. The summed E-state index contributed by atoms with van der Waals surface area (Å²) in [5, 5.41) is 7.19. The number of halogens is 1. The van der Waals surface area contributed by atoms with Crippen LogP contribution in [0.15, 0.2) is 42.7 Å². The topological polar surface area (TPSA) is 72.9 Å². The van der Waals surface area contributed by atoms with Crippen molar-refractivity contribution in [3.05, 3.63) is 53.9 Å². The number of hydrogen-bond donors (Lipinski definition) is 2. The van der Waals surface area contributed by atoms with E-state index < -0.39 is 6.04 Å². The molecule has 2 rings (SSSR count). The lowest BCUT2D eigenvalue weighted by Gasteiger charge is -2.17. The number of benzene rings is 1. The van der Waals surface area contributed by atoms with Gasteiger partial charge in [0.15, 0.2) is 0 Å². The minimum Gasteiger partial charge on any atom is -0.351 e. The second-order valence-corrected chi connectivity index (χ2v) is 5.66. The predicted molar refractivity (Wildman–Crippen MR) is 94.3 cm³/mol. The number of rotatable bonds is 7. The molecule has 0 aliphatic carbocycles. The molecule has 2 atom stereocenters. The molecule has 0 fully saturated rings. The van der Waals surface area contributed by atoms with Gasteiger partial charge in [-0.1, -0.05) is 50.6 Å². The Morgan fingerprint density at radius 3 is 2.65 bits per heavy atom. The predicted octanol–water partition coefficient (Wildman–Crippen LogP) is 2.34. The zero-order valence-electron chi connectivity index (χ0n) is 13.6. The first kappa shape index (κ1) is 19.2. The van der Waals surface area contributed by atoms with Crippen molar-refractivity contribution >= 4 is 18.3 Å². The van der Waals surface area contributed by atoms with Crippen molar-refractivity contribution in [1.82, 2.24) is 15.1 Å². The zero-order chi connectivity index (χ0) is 15.9. The summed E-state index contributed by atoms with van der Waals surface area (Å²) in [4.78, 5) is 12.0. The molecular formula is C17H25ClN4O. The molecule has 0 aliphatic rings. The first-order chi connectivity index (χ1) is 10.6. The van der Waals surface area contributed by atoms with Gasteiger partial charge in [-0.25, -0.2) is 0 Å². The van der Waals surface area contributed by atoms with Crippen molar-refractivity contribution in [2.75, 3.05) is 0 Å². The molecular weight excluding hydrogens is 312 g/mol. The normalized spacial score (nSPS) is 13.0. The highest BCUT2D eigenvalue weighted by molar-refractivity contribution is 5.85. The Morgan fingerprint density at radius 2 is 2.00 bits per heavy atom. The van der Waals surface area contributed by atoms with E-state index in [9.17, 15) is 4.79 Å². The number of carbonyl (C=O) groups excluding carboxylic acids is 1. The molecule has 5 nitrogen and oxygen atoms in total. The fraction of sp³-hybridized carbons (Fsp3) is 0.412. The summed E-state index contributed by atoms with van der Waals surface area (Å²) in [6.07, 6.45) is 4.61. The number of nitrogens with two attached hydrogens (primary N) is 1. The van der Waals surface area contributed by atoms with Crippen molar-refractivity contribution in [1.29, 1.82) is 0 Å². The van der Waals surface area contributed by atoms with Crippen LogP contribution >= 0.6 is 12.4 Å². The number of amides is 1. The SMILES string of the molecule is CCC(C)C(N)C(=O)NCc1cnn(Cc2ccccc2)c1.Cl. The second kappa shape index (κ2) is 9.33. The van der Waals surface area contributed by atoms with E-state index in [0.29, 0.717) is 6.54 Å². The van der Waals surface area contributed by atoms with Crippen LogP contribution in [-0.4, -0.2) is 21.7 Å². The van der Waals surface area contributed by atoms with Crippen LogP contribution in [-0.2, 0) is 17.9 Å². The number of aromatic nitrogens is 2. The van der Waals surface area contributed by atoms with Gasteiger partial charge in [-0.15, -0.1) is 12.4 Å². The maximum absolute atomic E-state index is 12.0. The van der Waals surface area contributed by atoms with E-state index in [-0.39, 0.29) is 24.2 Å². The van der Waals surface area contributed by atoms with Crippen LogP contribution in [0.5, 0.6) is 0 Å². The first-order valence-electron chi connectivity index (χ1n) is 7.68. The van der Waals surface area contributed by atoms with E-state index in [1.54, 1.807) is 6.20 Å². The van der Waals surface area contributed by atoms with Gasteiger partial charge in [0.2, 0.25) is 5.91 Å². The maximum atomic E-state index is 12.0. The van der Waals surface area contributed by atoms with Gasteiger partial charge in [0.25, 0.3) is 0 Å². The van der Waals surface area contributed by atoms with Crippen molar-refractivity contribution in [3.63, 3.8) is 0 Å². The van der Waals surface area contributed by atoms with Crippen LogP contribution in [0, 0.1) is 5.92 Å². The fourth-order valence-electron chi connectivity index (χ4n) is 2.17. The highest BCUT2D eigenvalue weighted by atomic mass is 35.5. The van der Waals surface area contributed by atoms with E-state index in [4.69, 9.17) is 5.73 Å². The smallest absolute Gasteiger partial charge is 0.237 e. The Bertz CT molecular complexity index is 600. The van der Waals surface area contributed by atoms with Gasteiger partial charge in [-0.2, -0.15) is 5.10 Å². The van der Waals surface area contributed by atoms with Crippen molar-refractivity contribution in [3.8, 4) is 0 Å². The molecule has 3 N–H and O–H groups in total. The molecule has 1 aromatic carbocycles. The van der Waals surface area contributed by atoms with E-state index >= 15 is 0 Å². The molecule has 1 aromatic heterocycles. The van der Waals surface area contributed by atoms with Crippen molar-refractivity contribution in [2.45, 2.75) is 39.4 Å². The first-order valence-corrected chi connectivity index (χ1v) is 7.68. The lowest BCUT2D eigenvalue weighted by molar-refractivity contribution is -0.123. The summed E-state index contributed by atoms with van der Waals surface area (Å²) in [6, 6.07) is 9.69. The van der Waals surface area contributed by atoms with Gasteiger partial charge in [0.05, 0.1) is 18.8 Å². The van der Waals surface area contributed by atoms with Crippen LogP contribution in [0.2, 0.25) is 0 Å². The molecule has 23 heavy (non-hydrogen) atoms. The molecule has 2 aromatic rings. The molecule has 0 saturated heterocycles. The van der Waals surface area contributed by atoms with Crippen LogP contribution in [0.3, 0.4) is 0 Å². The largest absolute Gasteiger partial charge is 0.351 e. The average molecular weight is 337 g/mol. The lowest BCUT2D eigenvalue weighted by atomic mass is 9.99. The van der Waals surface area contributed by atoms with Gasteiger partial charge in [0.1, 0.15) is 0 Å². The summed E-state index contributed by atoms with van der Waals surface area (Å²) in [6.45, 7) is 5.20. The summed E-state index contributed by atoms with van der Waals surface area (Å²) in [7, 11) is 0. The number of carbonyl (C=O) groups is 1. The molecule has 0 aliphatic heterocycles. The molecule has 0 bridgehead atoms. The minimum absolute atomic E-state index is 0. The molecule has 2 unspecified atom stereocenters. The third-order valence-electron chi connectivity index (χ3n) is 3.90. The molecule has 0 saturated carbocycles. The van der Waals surface area contributed by atoms with E-state index in [0.717, 1.165) is 18.5 Å². The molecule has 126 valence electrons. The van der Waals surface area contributed by atoms with Crippen molar-refractivity contribution < 1.29 is 4.79 Å². The quantitative estimate of drug-likeness (QED) is 0.815. The molecule has 0 radical (unpaired) electrons. The summed E-state index contributed by atoms with van der Waals surface area (Å²) >= 11 is 0. The van der Waals surface area contributed by atoms with Crippen LogP contribution in [0.1, 0.15) is 31.4 Å². The Hall–Kier alpha value is -1.85. The molecule has 1 heterocycles. The van der Waals surface area contributed by atoms with Crippen LogP contribution in [0.25, 0.3) is 0 Å². The Kier molecular flexibility index (Phi) is 7.78. The third-order valence-corrected chi connectivity index (χ3v) is 3.90. The van der Waals surface area contributed by atoms with E-state index in [2.05, 4.69) is 22.5 Å². The summed E-state index contributed by atoms with van der Waals surface area (Å²) < 4.78 is 1.87. The van der Waals surface area contributed by atoms with Gasteiger partial charge >= 0.3 is 0 Å². The summed E-state index contributed by atoms with van der Waals surface area (Å²) in [5.74, 6) is 0.0750. The Labute approximate surface area is 143 Å². The molecule has 0 spiro atoms. The number of nitrogens with zero attached hydrogens (tertiary/aromatic N) is 2. The standard InChI is InChI=1S/C17H24N4O.ClH/c1-3-13(2)16(18)17(22)19-9-15-10-20-21(12-15)11-14-7-5-4-6-8-14;/h4-8,10,12-13,16H,3,9,11,18H2,1-2H3,(H,19,22);1H. The summed E-state index contributed by atoms with van der Waals surface area (Å²) in [5.41, 5.74) is 8.08. The maximum Gasteiger partial charge on any atom is 0.237 e. The highest BCUT2D eigenvalue weighted by Crippen LogP contribution is 2.06. The van der Waals surface area contributed by atoms with E-state index in [1.165, 1.54) is 5.56 Å². The average Bonchev–Trinajstić information content (AvgIpc) is 2.99. The minimum atomic E-state index is -0.454. The van der Waals surface area contributed by atoms with Crippen LogP contribution < -0.4 is 11.1 Å². The van der Waals surface area contributed by atoms with Crippen LogP contribution in [0.4, 0.5) is 0 Å². The number of hydrogen-bond acceptors (Lipinski definition) is 3. The lowest BCUT2D eigenvalue weighted by Crippen LogP contribution is -2.44. The van der Waals surface area contributed by atoms with Crippen molar-refractivity contribution in [2.24, 2.45) is 11.7 Å². The second-order valence-electron chi connectivity index (χ2n) is 5.66.